The molecule has 0 spiro atoms. The molecule has 1 aliphatic rings. The zero-order valence-electron chi connectivity index (χ0n) is 18.1. The van der Waals surface area contributed by atoms with Crippen molar-refractivity contribution in [3.63, 3.8) is 0 Å². The molecule has 0 atom stereocenters. The van der Waals surface area contributed by atoms with Gasteiger partial charge in [0.25, 0.3) is 5.91 Å². The van der Waals surface area contributed by atoms with E-state index in [2.05, 4.69) is 20.8 Å². The largest absolute Gasteiger partial charge is 0.484 e. The van der Waals surface area contributed by atoms with Crippen molar-refractivity contribution in [2.45, 2.75) is 38.0 Å². The van der Waals surface area contributed by atoms with Crippen LogP contribution in [0.5, 0.6) is 5.75 Å². The Morgan fingerprint density at radius 2 is 1.50 bits per heavy atom. The highest BCUT2D eigenvalue weighted by Gasteiger charge is 2.30. The molecule has 2 aromatic carbocycles. The van der Waals surface area contributed by atoms with Crippen molar-refractivity contribution in [2.75, 3.05) is 32.8 Å². The minimum atomic E-state index is -3.57. The van der Waals surface area contributed by atoms with Gasteiger partial charge in [-0.2, -0.15) is 4.31 Å². The van der Waals surface area contributed by atoms with E-state index in [1.54, 1.807) is 17.0 Å². The number of amides is 1. The molecule has 162 valence electrons. The quantitative estimate of drug-likeness (QED) is 0.731. The number of rotatable bonds is 5. The monoisotopic (exact) mass is 430 g/mol. The summed E-state index contributed by atoms with van der Waals surface area (Å²) in [4.78, 5) is 14.4. The number of nitrogens with zero attached hydrogens (tertiary/aromatic N) is 2. The van der Waals surface area contributed by atoms with Crippen molar-refractivity contribution in [3.05, 3.63) is 59.7 Å². The number of carbonyl (C=O) groups excluding carboxylic acids is 1. The van der Waals surface area contributed by atoms with Crippen LogP contribution in [0.15, 0.2) is 53.4 Å². The molecule has 0 unspecified atom stereocenters. The Kier molecular flexibility index (Phi) is 6.53. The van der Waals surface area contributed by atoms with Crippen LogP contribution in [-0.4, -0.2) is 56.3 Å². The van der Waals surface area contributed by atoms with E-state index in [4.69, 9.17) is 4.74 Å². The molecule has 7 heteroatoms. The van der Waals surface area contributed by atoms with Gasteiger partial charge in [0.1, 0.15) is 5.75 Å². The molecule has 0 radical (unpaired) electrons. The Hall–Kier alpha value is -2.38. The number of hydrogen-bond donors (Lipinski definition) is 0. The SMILES string of the molecule is Cc1ccc(OCC(=O)N2CCN(S(=O)(=O)c3ccc(C(C)(C)C)cc3)CC2)cc1. The van der Waals surface area contributed by atoms with Crippen molar-refractivity contribution in [3.8, 4) is 5.75 Å². The lowest BCUT2D eigenvalue weighted by molar-refractivity contribution is -0.134. The molecule has 6 nitrogen and oxygen atoms in total. The Morgan fingerprint density at radius 1 is 0.933 bits per heavy atom. The third kappa shape index (κ3) is 5.21. The predicted octanol–water partition coefficient (Wildman–Crippen LogP) is 3.20. The number of aryl methyl sites for hydroxylation is 1. The fraction of sp³-hybridized carbons (Fsp3) is 0.435. The highest BCUT2D eigenvalue weighted by atomic mass is 32.2. The Labute approximate surface area is 179 Å². The van der Waals surface area contributed by atoms with Crippen molar-refractivity contribution in [1.29, 1.82) is 0 Å². The van der Waals surface area contributed by atoms with Gasteiger partial charge in [-0.3, -0.25) is 4.79 Å². The lowest BCUT2D eigenvalue weighted by Crippen LogP contribution is -2.51. The Morgan fingerprint density at radius 3 is 2.03 bits per heavy atom. The van der Waals surface area contributed by atoms with Crippen LogP contribution >= 0.6 is 0 Å². The average molecular weight is 431 g/mol. The number of benzene rings is 2. The maximum Gasteiger partial charge on any atom is 0.260 e. The Balaban J connectivity index is 1.56. The summed E-state index contributed by atoms with van der Waals surface area (Å²) in [5.74, 6) is 0.510. The number of piperazine rings is 1. The Bertz CT molecular complexity index is 969. The zero-order valence-corrected chi connectivity index (χ0v) is 18.9. The minimum absolute atomic E-state index is 0.0328. The maximum absolute atomic E-state index is 13.0. The summed E-state index contributed by atoms with van der Waals surface area (Å²) >= 11 is 0. The fourth-order valence-corrected chi connectivity index (χ4v) is 4.75. The molecule has 30 heavy (non-hydrogen) atoms. The van der Waals surface area contributed by atoms with Gasteiger partial charge < -0.3 is 9.64 Å². The van der Waals surface area contributed by atoms with E-state index >= 15 is 0 Å². The van der Waals surface area contributed by atoms with Crippen molar-refractivity contribution in [1.82, 2.24) is 9.21 Å². The van der Waals surface area contributed by atoms with E-state index in [-0.39, 0.29) is 35.9 Å². The summed E-state index contributed by atoms with van der Waals surface area (Å²) in [6.45, 7) is 9.48. The molecule has 0 aromatic heterocycles. The van der Waals surface area contributed by atoms with Crippen LogP contribution in [0.4, 0.5) is 0 Å². The number of carbonyl (C=O) groups is 1. The molecule has 1 amide bonds. The van der Waals surface area contributed by atoms with Gasteiger partial charge >= 0.3 is 0 Å². The summed E-state index contributed by atoms with van der Waals surface area (Å²) in [6.07, 6.45) is 0. The van der Waals surface area contributed by atoms with Gasteiger partial charge in [0.15, 0.2) is 6.61 Å². The number of ether oxygens (including phenoxy) is 1. The molecule has 2 aromatic rings. The molecule has 1 fully saturated rings. The maximum atomic E-state index is 13.0. The second-order valence-corrected chi connectivity index (χ2v) is 10.6. The van der Waals surface area contributed by atoms with Crippen molar-refractivity contribution < 1.29 is 17.9 Å². The summed E-state index contributed by atoms with van der Waals surface area (Å²) < 4.78 is 32.9. The predicted molar refractivity (Wildman–Crippen MR) is 117 cm³/mol. The number of hydrogen-bond acceptors (Lipinski definition) is 4. The molecule has 0 N–H and O–H groups in total. The lowest BCUT2D eigenvalue weighted by Gasteiger charge is -2.34. The molecule has 1 heterocycles. The van der Waals surface area contributed by atoms with Gasteiger partial charge in [-0.25, -0.2) is 8.42 Å². The first-order valence-electron chi connectivity index (χ1n) is 10.2. The van der Waals surface area contributed by atoms with Gasteiger partial charge in [-0.1, -0.05) is 50.6 Å². The van der Waals surface area contributed by atoms with Crippen LogP contribution in [0.2, 0.25) is 0 Å². The van der Waals surface area contributed by atoms with Crippen LogP contribution in [0.25, 0.3) is 0 Å². The van der Waals surface area contributed by atoms with Gasteiger partial charge in [0, 0.05) is 26.2 Å². The van der Waals surface area contributed by atoms with Crippen LogP contribution < -0.4 is 4.74 Å². The van der Waals surface area contributed by atoms with E-state index in [0.29, 0.717) is 18.8 Å². The third-order valence-corrected chi connectivity index (χ3v) is 7.25. The second-order valence-electron chi connectivity index (χ2n) is 8.66. The summed E-state index contributed by atoms with van der Waals surface area (Å²) in [5, 5.41) is 0. The van der Waals surface area contributed by atoms with E-state index in [1.165, 1.54) is 4.31 Å². The fourth-order valence-electron chi connectivity index (χ4n) is 3.32. The van der Waals surface area contributed by atoms with Crippen LogP contribution in [-0.2, 0) is 20.2 Å². The summed E-state index contributed by atoms with van der Waals surface area (Å²) in [7, 11) is -3.57. The van der Waals surface area contributed by atoms with E-state index in [1.807, 2.05) is 43.3 Å². The first-order valence-corrected chi connectivity index (χ1v) is 11.6. The second kappa shape index (κ2) is 8.78. The molecule has 1 aliphatic heterocycles. The molecule has 0 bridgehead atoms. The molecular weight excluding hydrogens is 400 g/mol. The molecular formula is C23H30N2O4S. The molecule has 3 rings (SSSR count). The zero-order chi connectivity index (χ0) is 21.9. The van der Waals surface area contributed by atoms with Gasteiger partial charge in [0.2, 0.25) is 10.0 Å². The first kappa shape index (κ1) is 22.3. The summed E-state index contributed by atoms with van der Waals surface area (Å²) in [5.41, 5.74) is 2.18. The topological polar surface area (TPSA) is 66.9 Å². The molecule has 0 aliphatic carbocycles. The normalized spacial score (nSPS) is 15.8. The molecule has 1 saturated heterocycles. The smallest absolute Gasteiger partial charge is 0.260 e. The van der Waals surface area contributed by atoms with Gasteiger partial charge in [-0.15, -0.1) is 0 Å². The summed E-state index contributed by atoms with van der Waals surface area (Å²) in [6, 6.07) is 14.6. The van der Waals surface area contributed by atoms with Gasteiger partial charge in [0.05, 0.1) is 4.90 Å². The number of sulfonamides is 1. The van der Waals surface area contributed by atoms with Crippen LogP contribution in [0.3, 0.4) is 0 Å². The standard InChI is InChI=1S/C23H30N2O4S/c1-18-5-9-20(10-6-18)29-17-22(26)24-13-15-25(16-14-24)30(27,28)21-11-7-19(8-12-21)23(2,3)4/h5-12H,13-17H2,1-4H3. The van der Waals surface area contributed by atoms with Crippen molar-refractivity contribution >= 4 is 15.9 Å². The van der Waals surface area contributed by atoms with Crippen molar-refractivity contribution in [2.24, 2.45) is 0 Å². The van der Waals surface area contributed by atoms with Crippen LogP contribution in [0.1, 0.15) is 31.9 Å². The average Bonchev–Trinajstić information content (AvgIpc) is 2.72. The first-order chi connectivity index (χ1) is 14.1. The third-order valence-electron chi connectivity index (χ3n) is 5.33. The lowest BCUT2D eigenvalue weighted by atomic mass is 9.87. The minimum Gasteiger partial charge on any atom is -0.484 e. The highest BCUT2D eigenvalue weighted by molar-refractivity contribution is 7.89. The van der Waals surface area contributed by atoms with Gasteiger partial charge in [-0.05, 0) is 42.2 Å². The van der Waals surface area contributed by atoms with E-state index in [0.717, 1.165) is 11.1 Å². The van der Waals surface area contributed by atoms with Crippen LogP contribution in [0, 0.1) is 6.92 Å². The molecule has 0 saturated carbocycles. The van der Waals surface area contributed by atoms with E-state index < -0.39 is 10.0 Å². The highest BCUT2D eigenvalue weighted by Crippen LogP contribution is 2.25. The van der Waals surface area contributed by atoms with E-state index in [9.17, 15) is 13.2 Å².